The summed E-state index contributed by atoms with van der Waals surface area (Å²) in [5.41, 5.74) is 2.87. The molecule has 0 bridgehead atoms. The van der Waals surface area contributed by atoms with Gasteiger partial charge in [0, 0.05) is 25.4 Å². The molecule has 0 radical (unpaired) electrons. The lowest BCUT2D eigenvalue weighted by atomic mass is 9.85. The van der Waals surface area contributed by atoms with Crippen LogP contribution in [0.1, 0.15) is 38.8 Å². The molecule has 0 fully saturated rings. The van der Waals surface area contributed by atoms with Crippen molar-refractivity contribution in [3.05, 3.63) is 59.7 Å². The van der Waals surface area contributed by atoms with Gasteiger partial charge in [-0.15, -0.1) is 24.0 Å². The molecule has 0 heterocycles. The van der Waals surface area contributed by atoms with Crippen LogP contribution < -0.4 is 20.7 Å². The summed E-state index contributed by atoms with van der Waals surface area (Å²) in [7, 11) is 1.58. The molecular formula is C23H33IN4O2. The third-order valence-corrected chi connectivity index (χ3v) is 4.59. The minimum Gasteiger partial charge on any atom is -0.495 e. The van der Waals surface area contributed by atoms with E-state index in [1.54, 1.807) is 7.11 Å². The summed E-state index contributed by atoms with van der Waals surface area (Å²) < 4.78 is 5.31. The van der Waals surface area contributed by atoms with Crippen LogP contribution in [0.2, 0.25) is 0 Å². The first-order chi connectivity index (χ1) is 13.9. The van der Waals surface area contributed by atoms with E-state index in [0.717, 1.165) is 24.6 Å². The third kappa shape index (κ3) is 7.85. The molecule has 0 aliphatic carbocycles. The van der Waals surface area contributed by atoms with E-state index >= 15 is 0 Å². The Morgan fingerprint density at radius 2 is 1.80 bits per heavy atom. The molecule has 30 heavy (non-hydrogen) atoms. The van der Waals surface area contributed by atoms with E-state index in [2.05, 4.69) is 54.1 Å². The van der Waals surface area contributed by atoms with Gasteiger partial charge in [0.25, 0.3) is 0 Å². The van der Waals surface area contributed by atoms with Gasteiger partial charge in [0.05, 0.1) is 19.3 Å². The second kappa shape index (κ2) is 12.4. The quantitative estimate of drug-likeness (QED) is 0.274. The number of guanidine groups is 1. The first kappa shape index (κ1) is 25.7. The number of hydrogen-bond donors (Lipinski definition) is 3. The molecular weight excluding hydrogens is 491 g/mol. The van der Waals surface area contributed by atoms with Crippen LogP contribution in [0.4, 0.5) is 5.69 Å². The zero-order valence-corrected chi connectivity index (χ0v) is 20.7. The topological polar surface area (TPSA) is 74.8 Å². The molecule has 0 aliphatic heterocycles. The van der Waals surface area contributed by atoms with E-state index in [9.17, 15) is 4.79 Å². The number of benzene rings is 2. The summed E-state index contributed by atoms with van der Waals surface area (Å²) in [5.74, 6) is 1.25. The first-order valence-corrected chi connectivity index (χ1v) is 9.88. The number of hydrogen-bond acceptors (Lipinski definition) is 3. The molecule has 0 spiro atoms. The number of nitrogens with one attached hydrogen (secondary N) is 3. The molecule has 7 heteroatoms. The molecule has 0 unspecified atom stereocenters. The van der Waals surface area contributed by atoms with Crippen LogP contribution in [0.5, 0.6) is 5.75 Å². The fourth-order valence-corrected chi connectivity index (χ4v) is 2.95. The van der Waals surface area contributed by atoms with Crippen molar-refractivity contribution in [1.82, 2.24) is 10.6 Å². The molecule has 0 aromatic heterocycles. The second-order valence-corrected chi connectivity index (χ2v) is 7.51. The van der Waals surface area contributed by atoms with Gasteiger partial charge in [-0.25, -0.2) is 4.99 Å². The van der Waals surface area contributed by atoms with Crippen molar-refractivity contribution in [3.8, 4) is 5.75 Å². The summed E-state index contributed by atoms with van der Waals surface area (Å²) in [5, 5.41) is 9.53. The Labute approximate surface area is 196 Å². The van der Waals surface area contributed by atoms with E-state index in [4.69, 9.17) is 9.73 Å². The molecule has 0 saturated carbocycles. The van der Waals surface area contributed by atoms with Gasteiger partial charge in [0.2, 0.25) is 5.91 Å². The van der Waals surface area contributed by atoms with Crippen LogP contribution in [-0.2, 0) is 16.8 Å². The molecule has 1 amide bonds. The van der Waals surface area contributed by atoms with Gasteiger partial charge >= 0.3 is 0 Å². The molecule has 6 nitrogen and oxygen atoms in total. The number of carbonyl (C=O) groups is 1. The van der Waals surface area contributed by atoms with Gasteiger partial charge in [-0.2, -0.15) is 0 Å². The number of anilines is 1. The molecule has 0 atom stereocenters. The molecule has 164 valence electrons. The van der Waals surface area contributed by atoms with Crippen molar-refractivity contribution in [1.29, 1.82) is 0 Å². The normalized spacial score (nSPS) is 11.3. The number of ether oxygens (including phenoxy) is 1. The van der Waals surface area contributed by atoms with Crippen LogP contribution in [0.25, 0.3) is 0 Å². The highest BCUT2D eigenvalue weighted by molar-refractivity contribution is 14.0. The van der Waals surface area contributed by atoms with Crippen molar-refractivity contribution >= 4 is 41.5 Å². The average molecular weight is 524 g/mol. The van der Waals surface area contributed by atoms with Gasteiger partial charge in [-0.1, -0.05) is 50.2 Å². The number of nitrogens with zero attached hydrogens (tertiary/aromatic N) is 1. The van der Waals surface area contributed by atoms with Crippen LogP contribution in [0.15, 0.2) is 53.5 Å². The molecule has 2 rings (SSSR count). The number of carbonyl (C=O) groups excluding carboxylic acids is 1. The fourth-order valence-electron chi connectivity index (χ4n) is 2.95. The molecule has 3 N–H and O–H groups in total. The maximum atomic E-state index is 11.4. The van der Waals surface area contributed by atoms with E-state index in [1.165, 1.54) is 12.5 Å². The van der Waals surface area contributed by atoms with Crippen molar-refractivity contribution in [2.45, 2.75) is 39.7 Å². The Kier molecular flexibility index (Phi) is 10.7. The minimum absolute atomic E-state index is 0. The van der Waals surface area contributed by atoms with Gasteiger partial charge < -0.3 is 20.7 Å². The number of amides is 1. The SMILES string of the molecule is CCNC(=NCc1ccc(OC)c(NC(C)=O)c1)NCC(C)(C)c1ccccc1.I. The Balaban J connectivity index is 0.00000450. The van der Waals surface area contributed by atoms with Gasteiger partial charge in [0.1, 0.15) is 5.75 Å². The Bertz CT molecular complexity index is 838. The molecule has 2 aromatic carbocycles. The lowest BCUT2D eigenvalue weighted by Crippen LogP contribution is -2.43. The third-order valence-electron chi connectivity index (χ3n) is 4.59. The van der Waals surface area contributed by atoms with E-state index in [0.29, 0.717) is 18.0 Å². The predicted octanol–water partition coefficient (Wildman–Crippen LogP) is 4.30. The fraction of sp³-hybridized carbons (Fsp3) is 0.391. The van der Waals surface area contributed by atoms with E-state index in [-0.39, 0.29) is 35.3 Å². The summed E-state index contributed by atoms with van der Waals surface area (Å²) in [6.45, 7) is 9.95. The Hall–Kier alpha value is -2.29. The highest BCUT2D eigenvalue weighted by Gasteiger charge is 2.20. The molecule has 2 aromatic rings. The van der Waals surface area contributed by atoms with Crippen LogP contribution in [-0.4, -0.2) is 32.1 Å². The highest BCUT2D eigenvalue weighted by Crippen LogP contribution is 2.26. The van der Waals surface area contributed by atoms with E-state index in [1.807, 2.05) is 31.2 Å². The largest absolute Gasteiger partial charge is 0.495 e. The zero-order valence-electron chi connectivity index (χ0n) is 18.4. The lowest BCUT2D eigenvalue weighted by Gasteiger charge is -2.26. The van der Waals surface area contributed by atoms with E-state index < -0.39 is 0 Å². The first-order valence-electron chi connectivity index (χ1n) is 9.88. The van der Waals surface area contributed by atoms with Gasteiger partial charge in [-0.3, -0.25) is 4.79 Å². The second-order valence-electron chi connectivity index (χ2n) is 7.51. The van der Waals surface area contributed by atoms with Gasteiger partial charge in [0.15, 0.2) is 5.96 Å². The van der Waals surface area contributed by atoms with Crippen molar-refractivity contribution in [2.24, 2.45) is 4.99 Å². The summed E-state index contributed by atoms with van der Waals surface area (Å²) in [4.78, 5) is 16.1. The zero-order chi connectivity index (χ0) is 21.3. The van der Waals surface area contributed by atoms with Crippen molar-refractivity contribution in [2.75, 3.05) is 25.5 Å². The van der Waals surface area contributed by atoms with Gasteiger partial charge in [-0.05, 0) is 30.2 Å². The van der Waals surface area contributed by atoms with Crippen molar-refractivity contribution < 1.29 is 9.53 Å². The lowest BCUT2D eigenvalue weighted by molar-refractivity contribution is -0.114. The maximum Gasteiger partial charge on any atom is 0.221 e. The average Bonchev–Trinajstić information content (AvgIpc) is 2.70. The number of aliphatic imine (C=N–C) groups is 1. The number of rotatable bonds is 8. The number of methoxy groups -OCH3 is 1. The smallest absolute Gasteiger partial charge is 0.221 e. The van der Waals surface area contributed by atoms with Crippen molar-refractivity contribution in [3.63, 3.8) is 0 Å². The standard InChI is InChI=1S/C23H32N4O2.HI/c1-6-24-22(26-16-23(3,4)19-10-8-7-9-11-19)25-15-18-12-13-21(29-5)20(14-18)27-17(2)28;/h7-14H,6,15-16H2,1-5H3,(H,27,28)(H2,24,25,26);1H. The summed E-state index contributed by atoms with van der Waals surface area (Å²) >= 11 is 0. The van der Waals surface area contributed by atoms with Crippen LogP contribution >= 0.6 is 24.0 Å². The monoisotopic (exact) mass is 524 g/mol. The maximum absolute atomic E-state index is 11.4. The Morgan fingerprint density at radius 3 is 2.40 bits per heavy atom. The summed E-state index contributed by atoms with van der Waals surface area (Å²) in [6, 6.07) is 16.1. The van der Waals surface area contributed by atoms with Crippen LogP contribution in [0.3, 0.4) is 0 Å². The predicted molar refractivity (Wildman–Crippen MR) is 135 cm³/mol. The minimum atomic E-state index is -0.137. The summed E-state index contributed by atoms with van der Waals surface area (Å²) in [6.07, 6.45) is 0. The Morgan fingerprint density at radius 1 is 1.10 bits per heavy atom. The number of halogens is 1. The molecule has 0 saturated heterocycles. The highest BCUT2D eigenvalue weighted by atomic mass is 127. The molecule has 0 aliphatic rings. The van der Waals surface area contributed by atoms with Crippen LogP contribution in [0, 0.1) is 0 Å².